The molecule has 0 fully saturated rings. The Kier molecular flexibility index (Phi) is 3.88. The first kappa shape index (κ1) is 14.9. The number of pyridine rings is 1. The first-order chi connectivity index (χ1) is 9.75. The molecule has 2 aromatic rings. The largest absolute Gasteiger partial charge is 0.416 e. The number of nitrogens with zero attached hydrogens (tertiary/aromatic N) is 1. The van der Waals surface area contributed by atoms with E-state index in [2.05, 4.69) is 10.3 Å². The van der Waals surface area contributed by atoms with Gasteiger partial charge in [0.2, 0.25) is 11.9 Å². The van der Waals surface area contributed by atoms with Gasteiger partial charge in [-0.05, 0) is 24.3 Å². The lowest BCUT2D eigenvalue weighted by molar-refractivity contribution is -0.137. The Morgan fingerprint density at radius 3 is 2.00 bits per heavy atom. The van der Waals surface area contributed by atoms with E-state index in [0.717, 1.165) is 24.3 Å². The molecule has 1 aromatic carbocycles. The number of nitrogens with one attached hydrogen (secondary N) is 1. The van der Waals surface area contributed by atoms with Crippen LogP contribution in [0.3, 0.4) is 0 Å². The Morgan fingerprint density at radius 1 is 1.00 bits per heavy atom. The average molecular weight is 302 g/mol. The molecule has 0 unspecified atom stereocenters. The highest BCUT2D eigenvalue weighted by Gasteiger charge is 2.30. The molecule has 0 aliphatic carbocycles. The fourth-order valence-electron chi connectivity index (χ4n) is 1.54. The van der Waals surface area contributed by atoms with Crippen molar-refractivity contribution in [2.45, 2.75) is 6.18 Å². The lowest BCUT2D eigenvalue weighted by Crippen LogP contribution is -2.13. The van der Waals surface area contributed by atoms with Crippen molar-refractivity contribution in [1.29, 1.82) is 0 Å². The highest BCUT2D eigenvalue weighted by molar-refractivity contribution is 6.04. The van der Waals surface area contributed by atoms with E-state index in [1.807, 2.05) is 0 Å². The summed E-state index contributed by atoms with van der Waals surface area (Å²) in [5, 5.41) is 2.22. The van der Waals surface area contributed by atoms with Crippen LogP contribution in [0.4, 0.5) is 27.6 Å². The number of carbonyl (C=O) groups is 1. The van der Waals surface area contributed by atoms with Crippen LogP contribution < -0.4 is 5.32 Å². The van der Waals surface area contributed by atoms with E-state index in [-0.39, 0.29) is 11.3 Å². The van der Waals surface area contributed by atoms with Crippen LogP contribution in [0.15, 0.2) is 36.4 Å². The van der Waals surface area contributed by atoms with Gasteiger partial charge in [0.05, 0.1) is 5.56 Å². The first-order valence-electron chi connectivity index (χ1n) is 5.57. The van der Waals surface area contributed by atoms with Gasteiger partial charge in [0.1, 0.15) is 0 Å². The molecular formula is C13H7F5N2O. The molecular weight excluding hydrogens is 295 g/mol. The topological polar surface area (TPSA) is 42.0 Å². The zero-order valence-corrected chi connectivity index (χ0v) is 10.2. The van der Waals surface area contributed by atoms with E-state index in [0.29, 0.717) is 12.1 Å². The van der Waals surface area contributed by atoms with Gasteiger partial charge in [-0.25, -0.2) is 0 Å². The van der Waals surface area contributed by atoms with Crippen LogP contribution in [0, 0.1) is 11.9 Å². The molecule has 0 aliphatic heterocycles. The van der Waals surface area contributed by atoms with E-state index < -0.39 is 29.5 Å². The lowest BCUT2D eigenvalue weighted by Gasteiger charge is -2.09. The van der Waals surface area contributed by atoms with Crippen LogP contribution in [-0.4, -0.2) is 10.9 Å². The van der Waals surface area contributed by atoms with Gasteiger partial charge in [-0.2, -0.15) is 26.9 Å². The maximum absolute atomic E-state index is 12.9. The molecule has 1 amide bonds. The molecule has 0 spiro atoms. The van der Waals surface area contributed by atoms with Gasteiger partial charge in [-0.3, -0.25) is 4.79 Å². The number of halogens is 5. The summed E-state index contributed by atoms with van der Waals surface area (Å²) < 4.78 is 62.8. The number of alkyl halides is 3. The van der Waals surface area contributed by atoms with Crippen molar-refractivity contribution in [3.8, 4) is 0 Å². The number of aromatic nitrogens is 1. The Labute approximate surface area is 115 Å². The van der Waals surface area contributed by atoms with Gasteiger partial charge in [-0.1, -0.05) is 0 Å². The second kappa shape index (κ2) is 5.47. The summed E-state index contributed by atoms with van der Waals surface area (Å²) in [6.45, 7) is 0. The van der Waals surface area contributed by atoms with Crippen LogP contribution in [0.25, 0.3) is 0 Å². The molecule has 0 saturated heterocycles. The summed E-state index contributed by atoms with van der Waals surface area (Å²) >= 11 is 0. The van der Waals surface area contributed by atoms with Crippen molar-refractivity contribution in [1.82, 2.24) is 4.98 Å². The molecule has 8 heteroatoms. The third-order valence-electron chi connectivity index (χ3n) is 2.50. The van der Waals surface area contributed by atoms with E-state index in [1.165, 1.54) is 0 Å². The summed E-state index contributed by atoms with van der Waals surface area (Å²) in [6, 6.07) is 5.06. The van der Waals surface area contributed by atoms with Crippen LogP contribution in [-0.2, 0) is 6.18 Å². The Hall–Kier alpha value is -2.51. The third kappa shape index (κ3) is 3.74. The van der Waals surface area contributed by atoms with Crippen molar-refractivity contribution in [2.75, 3.05) is 5.32 Å². The van der Waals surface area contributed by atoms with Crippen molar-refractivity contribution in [3.05, 3.63) is 59.4 Å². The van der Waals surface area contributed by atoms with Crippen LogP contribution in [0.5, 0.6) is 0 Å². The zero-order valence-electron chi connectivity index (χ0n) is 10.2. The van der Waals surface area contributed by atoms with Gasteiger partial charge < -0.3 is 5.32 Å². The van der Waals surface area contributed by atoms with Crippen molar-refractivity contribution in [2.24, 2.45) is 0 Å². The molecule has 0 saturated carbocycles. The number of anilines is 1. The Balaban J connectivity index is 2.16. The fraction of sp³-hybridized carbons (Fsp3) is 0.0769. The molecule has 0 bridgehead atoms. The first-order valence-corrected chi connectivity index (χ1v) is 5.57. The van der Waals surface area contributed by atoms with E-state index in [4.69, 9.17) is 0 Å². The molecule has 21 heavy (non-hydrogen) atoms. The Morgan fingerprint density at radius 2 is 1.52 bits per heavy atom. The van der Waals surface area contributed by atoms with E-state index in [9.17, 15) is 26.7 Å². The normalized spacial score (nSPS) is 11.3. The van der Waals surface area contributed by atoms with Gasteiger partial charge in [0, 0.05) is 23.4 Å². The summed E-state index contributed by atoms with van der Waals surface area (Å²) in [5.74, 6) is -3.21. The highest BCUT2D eigenvalue weighted by atomic mass is 19.4. The number of hydrogen-bond donors (Lipinski definition) is 1. The minimum Gasteiger partial charge on any atom is -0.322 e. The molecule has 1 N–H and O–H groups in total. The Bertz CT molecular complexity index is 647. The van der Waals surface area contributed by atoms with Crippen LogP contribution in [0.1, 0.15) is 15.9 Å². The number of carbonyl (C=O) groups excluding carboxylic acids is 1. The predicted molar refractivity (Wildman–Crippen MR) is 63.6 cm³/mol. The highest BCUT2D eigenvalue weighted by Crippen LogP contribution is 2.29. The molecule has 1 aromatic heterocycles. The number of amides is 1. The minimum absolute atomic E-state index is 0.0608. The molecule has 2 rings (SSSR count). The van der Waals surface area contributed by atoms with Crippen molar-refractivity contribution >= 4 is 11.6 Å². The molecule has 0 radical (unpaired) electrons. The van der Waals surface area contributed by atoms with Crippen LogP contribution >= 0.6 is 0 Å². The summed E-state index contributed by atoms with van der Waals surface area (Å²) in [4.78, 5) is 14.5. The predicted octanol–water partition coefficient (Wildman–Crippen LogP) is 3.63. The standard InChI is InChI=1S/C13H7F5N2O/c14-10-5-7(6-11(15)20-10)12(21)19-9-3-1-8(2-4-9)13(16,17)18/h1-6H,(H,19,21). The smallest absolute Gasteiger partial charge is 0.322 e. The van der Waals surface area contributed by atoms with E-state index >= 15 is 0 Å². The lowest BCUT2D eigenvalue weighted by atomic mass is 10.2. The van der Waals surface area contributed by atoms with Gasteiger partial charge >= 0.3 is 6.18 Å². The molecule has 1 heterocycles. The molecule has 0 aliphatic rings. The third-order valence-corrected chi connectivity index (χ3v) is 2.50. The maximum atomic E-state index is 12.9. The zero-order chi connectivity index (χ0) is 15.6. The molecule has 0 atom stereocenters. The summed E-state index contributed by atoms with van der Waals surface area (Å²) in [6.07, 6.45) is -4.49. The van der Waals surface area contributed by atoms with Crippen molar-refractivity contribution < 1.29 is 26.7 Å². The number of hydrogen-bond acceptors (Lipinski definition) is 2. The maximum Gasteiger partial charge on any atom is 0.416 e. The fourth-order valence-corrected chi connectivity index (χ4v) is 1.54. The second-order valence-electron chi connectivity index (χ2n) is 4.03. The monoisotopic (exact) mass is 302 g/mol. The van der Waals surface area contributed by atoms with Crippen LogP contribution in [0.2, 0.25) is 0 Å². The molecule has 110 valence electrons. The second-order valence-corrected chi connectivity index (χ2v) is 4.03. The van der Waals surface area contributed by atoms with Crippen molar-refractivity contribution in [3.63, 3.8) is 0 Å². The van der Waals surface area contributed by atoms with Gasteiger partial charge in [0.25, 0.3) is 5.91 Å². The SMILES string of the molecule is O=C(Nc1ccc(C(F)(F)F)cc1)c1cc(F)nc(F)c1. The molecule has 3 nitrogen and oxygen atoms in total. The minimum atomic E-state index is -4.49. The summed E-state index contributed by atoms with van der Waals surface area (Å²) in [5.41, 5.74) is -1.15. The van der Waals surface area contributed by atoms with Gasteiger partial charge in [-0.15, -0.1) is 0 Å². The number of benzene rings is 1. The quantitative estimate of drug-likeness (QED) is 0.680. The number of rotatable bonds is 2. The van der Waals surface area contributed by atoms with E-state index in [1.54, 1.807) is 0 Å². The van der Waals surface area contributed by atoms with Gasteiger partial charge in [0.15, 0.2) is 0 Å². The summed E-state index contributed by atoms with van der Waals surface area (Å²) in [7, 11) is 0. The average Bonchev–Trinajstić information content (AvgIpc) is 2.37.